The minimum Gasteiger partial charge on any atom is -0.462 e. The number of aromatic amines is 1. The van der Waals surface area contributed by atoms with Gasteiger partial charge >= 0.3 is 12.1 Å². The van der Waals surface area contributed by atoms with Crippen LogP contribution in [0.25, 0.3) is 10.9 Å². The van der Waals surface area contributed by atoms with Crippen LogP contribution in [0.5, 0.6) is 0 Å². The number of esters is 1. The van der Waals surface area contributed by atoms with Crippen molar-refractivity contribution in [3.8, 4) is 0 Å². The highest BCUT2D eigenvalue weighted by Gasteiger charge is 2.34. The smallest absolute Gasteiger partial charge is 0.418 e. The number of aromatic nitrogens is 1. The molecule has 0 saturated carbocycles. The molecule has 0 amide bonds. The average molecular weight is 303 g/mol. The van der Waals surface area contributed by atoms with E-state index in [4.69, 9.17) is 0 Å². The van der Waals surface area contributed by atoms with Crippen LogP contribution in [-0.2, 0) is 10.9 Å². The summed E-state index contributed by atoms with van der Waals surface area (Å²) in [5, 5.41) is -0.824. The van der Waals surface area contributed by atoms with E-state index in [9.17, 15) is 27.2 Å². The molecule has 2 rings (SSSR count). The molecule has 0 radical (unpaired) electrons. The van der Waals surface area contributed by atoms with Gasteiger partial charge in [-0.15, -0.1) is 0 Å². The zero-order valence-electron chi connectivity index (χ0n) is 10.7. The van der Waals surface area contributed by atoms with E-state index in [0.29, 0.717) is 12.1 Å². The first-order valence-electron chi connectivity index (χ1n) is 5.85. The van der Waals surface area contributed by atoms with E-state index in [1.807, 2.05) is 0 Å². The number of halogens is 4. The molecule has 0 fully saturated rings. The van der Waals surface area contributed by atoms with Crippen molar-refractivity contribution in [2.75, 3.05) is 6.61 Å². The van der Waals surface area contributed by atoms with Crippen molar-refractivity contribution < 1.29 is 27.1 Å². The van der Waals surface area contributed by atoms with Crippen LogP contribution in [0, 0.1) is 5.82 Å². The summed E-state index contributed by atoms with van der Waals surface area (Å²) in [4.78, 5) is 25.7. The largest absolute Gasteiger partial charge is 0.462 e. The lowest BCUT2D eigenvalue weighted by atomic mass is 10.1. The topological polar surface area (TPSA) is 59.2 Å². The van der Waals surface area contributed by atoms with Gasteiger partial charge in [0.25, 0.3) is 0 Å². The third-order valence-corrected chi connectivity index (χ3v) is 2.79. The fraction of sp³-hybridized carbons (Fsp3) is 0.231. The van der Waals surface area contributed by atoms with Crippen LogP contribution in [0.3, 0.4) is 0 Å². The number of benzene rings is 1. The number of rotatable bonds is 2. The van der Waals surface area contributed by atoms with Crippen LogP contribution in [0.2, 0.25) is 0 Å². The molecule has 0 atom stereocenters. The van der Waals surface area contributed by atoms with Gasteiger partial charge in [-0.3, -0.25) is 4.79 Å². The second-order valence-corrected chi connectivity index (χ2v) is 4.09. The quantitative estimate of drug-likeness (QED) is 0.685. The molecule has 21 heavy (non-hydrogen) atoms. The van der Waals surface area contributed by atoms with Crippen molar-refractivity contribution in [1.82, 2.24) is 4.98 Å². The van der Waals surface area contributed by atoms with Crippen LogP contribution in [-0.4, -0.2) is 17.6 Å². The van der Waals surface area contributed by atoms with Gasteiger partial charge in [-0.25, -0.2) is 9.18 Å². The number of alkyl halides is 3. The Morgan fingerprint density at radius 2 is 2.00 bits per heavy atom. The summed E-state index contributed by atoms with van der Waals surface area (Å²) in [6.07, 6.45) is -3.97. The number of pyridine rings is 1. The van der Waals surface area contributed by atoms with E-state index in [2.05, 4.69) is 9.72 Å². The predicted molar refractivity (Wildman–Crippen MR) is 65.5 cm³/mol. The van der Waals surface area contributed by atoms with Gasteiger partial charge in [0.1, 0.15) is 11.4 Å². The lowest BCUT2D eigenvalue weighted by molar-refractivity contribution is -0.136. The Morgan fingerprint density at radius 3 is 2.57 bits per heavy atom. The van der Waals surface area contributed by atoms with Gasteiger partial charge < -0.3 is 9.72 Å². The maximum atomic E-state index is 13.7. The van der Waals surface area contributed by atoms with Crippen LogP contribution in [0.1, 0.15) is 22.8 Å². The van der Waals surface area contributed by atoms with Gasteiger partial charge in [-0.2, -0.15) is 13.2 Å². The number of hydrogen-bond acceptors (Lipinski definition) is 3. The van der Waals surface area contributed by atoms with E-state index in [0.717, 1.165) is 6.20 Å². The predicted octanol–water partition coefficient (Wildman–Crippen LogP) is 2.86. The summed E-state index contributed by atoms with van der Waals surface area (Å²) in [6.45, 7) is 1.47. The standard InChI is InChI=1S/C13H9F4NO3/c1-2-21-12(20)6-5-18-10-7(13(15,16)17)3-4-8(14)9(10)11(6)19/h3-5H,2H2,1H3,(H,18,19). The van der Waals surface area contributed by atoms with Gasteiger partial charge in [-0.05, 0) is 19.1 Å². The third-order valence-electron chi connectivity index (χ3n) is 2.79. The Bertz CT molecular complexity index is 764. The molecule has 1 aromatic carbocycles. The minimum absolute atomic E-state index is 0.0264. The van der Waals surface area contributed by atoms with Crippen LogP contribution >= 0.6 is 0 Å². The van der Waals surface area contributed by atoms with E-state index in [1.165, 1.54) is 6.92 Å². The van der Waals surface area contributed by atoms with Gasteiger partial charge in [-0.1, -0.05) is 0 Å². The van der Waals surface area contributed by atoms with Crippen molar-refractivity contribution in [3.05, 3.63) is 45.5 Å². The number of hydrogen-bond donors (Lipinski definition) is 1. The number of fused-ring (bicyclic) bond motifs is 1. The lowest BCUT2D eigenvalue weighted by Crippen LogP contribution is -2.20. The lowest BCUT2D eigenvalue weighted by Gasteiger charge is -2.11. The second kappa shape index (κ2) is 5.19. The summed E-state index contributed by atoms with van der Waals surface area (Å²) in [6, 6.07) is 1.06. The van der Waals surface area contributed by atoms with Crippen molar-refractivity contribution in [2.45, 2.75) is 13.1 Å². The van der Waals surface area contributed by atoms with Crippen molar-refractivity contribution in [2.24, 2.45) is 0 Å². The first-order valence-corrected chi connectivity index (χ1v) is 5.85. The van der Waals surface area contributed by atoms with E-state index in [1.54, 1.807) is 0 Å². The van der Waals surface area contributed by atoms with Gasteiger partial charge in [0, 0.05) is 6.20 Å². The summed E-state index contributed by atoms with van der Waals surface area (Å²) < 4.78 is 56.8. The van der Waals surface area contributed by atoms with E-state index < -0.39 is 45.4 Å². The molecule has 1 aromatic heterocycles. The molecule has 8 heteroatoms. The molecule has 0 aliphatic heterocycles. The normalized spacial score (nSPS) is 11.7. The Kier molecular flexibility index (Phi) is 3.71. The van der Waals surface area contributed by atoms with Gasteiger partial charge in [0.15, 0.2) is 0 Å². The first-order chi connectivity index (χ1) is 9.77. The minimum atomic E-state index is -4.76. The Morgan fingerprint density at radius 1 is 1.33 bits per heavy atom. The molecule has 0 aliphatic carbocycles. The highest BCUT2D eigenvalue weighted by molar-refractivity contribution is 5.94. The third kappa shape index (κ3) is 2.61. The highest BCUT2D eigenvalue weighted by Crippen LogP contribution is 2.33. The fourth-order valence-corrected chi connectivity index (χ4v) is 1.89. The second-order valence-electron chi connectivity index (χ2n) is 4.09. The molecule has 1 heterocycles. The molecule has 0 saturated heterocycles. The number of nitrogens with one attached hydrogen (secondary N) is 1. The molecule has 0 unspecified atom stereocenters. The molecule has 1 N–H and O–H groups in total. The Balaban J connectivity index is 2.80. The molecule has 0 bridgehead atoms. The summed E-state index contributed by atoms with van der Waals surface area (Å²) in [5.74, 6) is -2.18. The SMILES string of the molecule is CCOC(=O)c1c[nH]c2c(C(F)(F)F)ccc(F)c2c1=O. The van der Waals surface area contributed by atoms with Crippen molar-refractivity contribution in [3.63, 3.8) is 0 Å². The van der Waals surface area contributed by atoms with Crippen LogP contribution in [0.15, 0.2) is 23.1 Å². The molecule has 2 aromatic rings. The van der Waals surface area contributed by atoms with Crippen LogP contribution < -0.4 is 5.43 Å². The maximum absolute atomic E-state index is 13.7. The van der Waals surface area contributed by atoms with E-state index >= 15 is 0 Å². The number of carbonyl (C=O) groups is 1. The zero-order chi connectivity index (χ0) is 15.8. The van der Waals surface area contributed by atoms with Crippen LogP contribution in [0.4, 0.5) is 17.6 Å². The monoisotopic (exact) mass is 303 g/mol. The molecule has 0 spiro atoms. The van der Waals surface area contributed by atoms with Gasteiger partial charge in [0.05, 0.1) is 23.1 Å². The summed E-state index contributed by atoms with van der Waals surface area (Å²) in [7, 11) is 0. The zero-order valence-corrected chi connectivity index (χ0v) is 10.7. The van der Waals surface area contributed by atoms with E-state index in [-0.39, 0.29) is 6.61 Å². The molecular formula is C13H9F4NO3. The molecule has 112 valence electrons. The Hall–Kier alpha value is -2.38. The Labute approximate surface area is 115 Å². The number of carbonyl (C=O) groups excluding carboxylic acids is 1. The van der Waals surface area contributed by atoms with Crippen molar-refractivity contribution in [1.29, 1.82) is 0 Å². The first kappa shape index (κ1) is 15.0. The van der Waals surface area contributed by atoms with Crippen molar-refractivity contribution >= 4 is 16.9 Å². The average Bonchev–Trinajstić information content (AvgIpc) is 2.37. The molecule has 4 nitrogen and oxygen atoms in total. The molecular weight excluding hydrogens is 294 g/mol. The molecule has 0 aliphatic rings. The fourth-order valence-electron chi connectivity index (χ4n) is 1.89. The summed E-state index contributed by atoms with van der Waals surface area (Å²) in [5.41, 5.74) is -3.60. The van der Waals surface area contributed by atoms with Gasteiger partial charge in [0.2, 0.25) is 5.43 Å². The number of ether oxygens (including phenoxy) is 1. The maximum Gasteiger partial charge on any atom is 0.418 e. The summed E-state index contributed by atoms with van der Waals surface area (Å²) >= 11 is 0. The number of H-pyrrole nitrogens is 1. The highest BCUT2D eigenvalue weighted by atomic mass is 19.4.